The fraction of sp³-hybridized carbons (Fsp3) is 0.355. The molecule has 10 aromatic rings. The van der Waals surface area contributed by atoms with Crippen molar-refractivity contribution >= 4 is 121 Å². The Morgan fingerprint density at radius 2 is 0.480 bits per heavy atom. The molecule has 0 aliphatic rings. The topological polar surface area (TPSA) is 21.8 Å². The van der Waals surface area contributed by atoms with Gasteiger partial charge in [0.25, 0.3) is 0 Å². The van der Waals surface area contributed by atoms with Gasteiger partial charge in [-0.2, -0.15) is 2.86 Å². The van der Waals surface area contributed by atoms with Crippen LogP contribution in [-0.4, -0.2) is 0 Å². The molecule has 4 nitrogen and oxygen atoms in total. The van der Waals surface area contributed by atoms with Crippen LogP contribution in [0.2, 0.25) is 15.1 Å². The van der Waals surface area contributed by atoms with Gasteiger partial charge in [-0.3, -0.25) is 0 Å². The molecule has 0 bridgehead atoms. The summed E-state index contributed by atoms with van der Waals surface area (Å²) < 4.78 is 152. The van der Waals surface area contributed by atoms with Crippen LogP contribution in [0.15, 0.2) is 230 Å². The van der Waals surface area contributed by atoms with E-state index >= 15 is 0 Å². The highest BCUT2D eigenvalue weighted by Crippen LogP contribution is 2.49. The van der Waals surface area contributed by atoms with Crippen molar-refractivity contribution < 1.29 is 24.8 Å². The maximum atomic E-state index is 9.47. The second-order valence-electron chi connectivity index (χ2n) is 33.5. The van der Waals surface area contributed by atoms with Crippen LogP contribution in [0.5, 0.6) is 0 Å². The molecule has 0 saturated carbocycles. The number of rotatable bonds is 11. The molecule has 0 atom stereocenters. The lowest BCUT2D eigenvalue weighted by molar-refractivity contribution is 0.590. The van der Waals surface area contributed by atoms with Gasteiger partial charge in [0, 0.05) is 45.5 Å². The second-order valence-corrected chi connectivity index (χ2v) is 34.6. The molecule has 0 saturated heterocycles. The standard InChI is InChI=1S/C46H55ClN2.C26H29Cl2N.C20H27N.CH4.FI/c1-43(2,3)32-16-24-36(25-17-32)48(37-26-18-33(19-27-37)44(4,5)6)40-14-13-15-41(42(40)47)49(38-28-20-34(21-29-38)45(7,8)9)39-30-22-35(23-31-39)46(10,11)12;1-25(2,3)18-10-14-20(15-11-18)29(23-9-7-8-22(27)24(23)28)21-16-12-19(13-17-21)26(4,5)6;1-19(2,3)15-7-11-17(12-8-15)21-18-13-9-16(10-14-18)20(4,5)6;;1-2/h13-31H,1-12H3;7-17H,1-6H3;7-14,21H,1-6H3;1H4;/i16D,17D,20D,21D,24D,25D,28D,29D;10D,11D,14D,15D;7D,8D,11D,12D;;. The van der Waals surface area contributed by atoms with Crippen LogP contribution < -0.4 is 20.0 Å². The Balaban J connectivity index is 0.000000299. The third-order valence-corrected chi connectivity index (χ3v) is 17.9. The molecular weight excluding hydrogens is 1430 g/mol. The molecule has 102 heavy (non-hydrogen) atoms. The van der Waals surface area contributed by atoms with Crippen molar-refractivity contribution in [1.29, 1.82) is 0 Å². The Labute approximate surface area is 667 Å². The number of nitrogens with zero attached hydrogens (tertiary/aromatic N) is 3. The SMILES string of the molecule is C.FI.[2H]c1c([2H])c(C(C)(C)C)c([2H])c([2H])c1N(c1ccc(C(C)(C)C)cc1)c1cccc(Cl)c1Cl.[2H]c1c([2H])c(C(C)(C)C)c([2H])c([2H])c1N(c1ccc(C(C)(C)C)cc1)c1cccc(N(c2ccc(C(C)(C)C)cc2)c2c([2H])c([2H])c(C(C)(C)C)c([2H])c2[2H])c1Cl.[2H]c1c([2H])c(C(C)(C)C)c([2H])c([2H])c1Nc1ccc(C(C)(C)C)cc1. The summed E-state index contributed by atoms with van der Waals surface area (Å²) in [4.78, 5) is 4.95. The summed E-state index contributed by atoms with van der Waals surface area (Å²) in [7, 11) is 0. The largest absolute Gasteiger partial charge is 0.356 e. The molecule has 0 radical (unpaired) electrons. The fourth-order valence-corrected chi connectivity index (χ4v) is 11.0. The zero-order valence-corrected chi connectivity index (χ0v) is 67.9. The summed E-state index contributed by atoms with van der Waals surface area (Å²) in [5, 5.41) is 3.81. The Bertz CT molecular complexity index is 5020. The first kappa shape index (κ1) is 62.3. The summed E-state index contributed by atoms with van der Waals surface area (Å²) in [5.41, 5.74) is 7.22. The molecule has 10 aromatic carbocycles. The second kappa shape index (κ2) is 33.8. The maximum Gasteiger partial charge on any atom is 0.171 e. The molecule has 542 valence electrons. The molecule has 0 fully saturated rings. The predicted octanol–water partition coefficient (Wildman–Crippen LogP) is 31.5. The third kappa shape index (κ3) is 22.0. The van der Waals surface area contributed by atoms with Crippen LogP contribution in [0.3, 0.4) is 0 Å². The van der Waals surface area contributed by atoms with Crippen molar-refractivity contribution in [3.05, 3.63) is 290 Å². The predicted molar refractivity (Wildman–Crippen MR) is 460 cm³/mol. The summed E-state index contributed by atoms with van der Waals surface area (Å²) >= 11 is 21.1. The highest BCUT2D eigenvalue weighted by Gasteiger charge is 2.27. The molecule has 0 aromatic heterocycles. The molecule has 0 aliphatic heterocycles. The van der Waals surface area contributed by atoms with Gasteiger partial charge in [0.15, 0.2) is 23.2 Å². The van der Waals surface area contributed by atoms with E-state index in [0.717, 1.165) is 22.4 Å². The van der Waals surface area contributed by atoms with E-state index in [4.69, 9.17) is 51.3 Å². The summed E-state index contributed by atoms with van der Waals surface area (Å²) in [6.45, 7) is 48.0. The van der Waals surface area contributed by atoms with E-state index in [1.807, 2.05) is 180 Å². The van der Waals surface area contributed by atoms with E-state index in [0.29, 0.717) is 84.6 Å². The molecule has 0 aliphatic carbocycles. The number of benzene rings is 10. The van der Waals surface area contributed by atoms with E-state index < -0.39 is 21.7 Å². The lowest BCUT2D eigenvalue weighted by Gasteiger charge is -2.32. The van der Waals surface area contributed by atoms with E-state index in [1.54, 1.807) is 51.1 Å². The molecule has 1 N–H and O–H groups in total. The van der Waals surface area contributed by atoms with E-state index in [2.05, 4.69) is 88.4 Å². The van der Waals surface area contributed by atoms with Crippen LogP contribution in [0.25, 0.3) is 0 Å². The Morgan fingerprint density at radius 3 is 0.725 bits per heavy atom. The van der Waals surface area contributed by atoms with Crippen LogP contribution in [0.4, 0.5) is 65.4 Å². The first-order chi connectivity index (χ1) is 53.6. The van der Waals surface area contributed by atoms with Gasteiger partial charge in [0.1, 0.15) is 0 Å². The number of anilines is 11. The minimum atomic E-state index is -0.671. The highest BCUT2D eigenvalue weighted by molar-refractivity contribution is 14.1. The fourth-order valence-electron chi connectivity index (χ4n) is 10.3. The minimum Gasteiger partial charge on any atom is -0.356 e. The Hall–Kier alpha value is -7.07. The van der Waals surface area contributed by atoms with Crippen molar-refractivity contribution in [3.63, 3.8) is 0 Å². The van der Waals surface area contributed by atoms with E-state index in [1.165, 1.54) is 5.56 Å². The van der Waals surface area contributed by atoms with Gasteiger partial charge in [-0.05, 0) is 209 Å². The average Bonchev–Trinajstić information content (AvgIpc) is 0.745. The van der Waals surface area contributed by atoms with Crippen molar-refractivity contribution in [1.82, 2.24) is 0 Å². The number of halogens is 5. The van der Waals surface area contributed by atoms with Gasteiger partial charge in [-0.1, -0.05) is 317 Å². The Kier molecular flexibility index (Phi) is 20.6. The lowest BCUT2D eigenvalue weighted by atomic mass is 9.86. The average molecular weight is 1560 g/mol. The van der Waals surface area contributed by atoms with Gasteiger partial charge >= 0.3 is 0 Å². The van der Waals surface area contributed by atoms with Crippen molar-refractivity contribution in [2.24, 2.45) is 0 Å². The molecule has 0 heterocycles. The maximum absolute atomic E-state index is 9.47. The van der Waals surface area contributed by atoms with Crippen LogP contribution in [0, 0.1) is 0 Å². The van der Waals surface area contributed by atoms with Crippen molar-refractivity contribution in [2.75, 3.05) is 20.0 Å². The molecule has 0 unspecified atom stereocenters. The van der Waals surface area contributed by atoms with E-state index in [-0.39, 0.29) is 159 Å². The number of hydrogen-bond acceptors (Lipinski definition) is 4. The van der Waals surface area contributed by atoms with Crippen molar-refractivity contribution in [3.8, 4) is 0 Å². The zero-order chi connectivity index (χ0) is 88.9. The minimum absolute atomic E-state index is 0. The van der Waals surface area contributed by atoms with Gasteiger partial charge in [0.2, 0.25) is 0 Å². The lowest BCUT2D eigenvalue weighted by Crippen LogP contribution is -2.16. The molecule has 0 spiro atoms. The molecule has 9 heteroatoms. The zero-order valence-electron chi connectivity index (χ0n) is 79.4. The first-order valence-corrected chi connectivity index (χ1v) is 35.9. The Morgan fingerprint density at radius 1 is 0.265 bits per heavy atom. The highest BCUT2D eigenvalue weighted by atomic mass is 127. The normalized spacial score (nSPS) is 14.3. The summed E-state index contributed by atoms with van der Waals surface area (Å²) in [5.74, 6) is 0. The van der Waals surface area contributed by atoms with Gasteiger partial charge < -0.3 is 20.0 Å². The summed E-state index contributed by atoms with van der Waals surface area (Å²) in [6, 6.07) is 39.6. The number of nitrogens with one attached hydrogen (secondary N) is 1. The molecule has 10 rings (SSSR count). The molecule has 0 amide bonds. The van der Waals surface area contributed by atoms with E-state index in [9.17, 15) is 8.34 Å². The first-order valence-electron chi connectivity index (χ1n) is 42.0. The van der Waals surface area contributed by atoms with Gasteiger partial charge in [0.05, 0.1) is 54.1 Å². The van der Waals surface area contributed by atoms with Crippen LogP contribution in [0.1, 0.15) is 240 Å². The van der Waals surface area contributed by atoms with Gasteiger partial charge in [-0.15, -0.1) is 0 Å². The van der Waals surface area contributed by atoms with Crippen LogP contribution >= 0.6 is 58.0 Å². The van der Waals surface area contributed by atoms with Gasteiger partial charge in [-0.25, -0.2) is 0 Å². The molecular formula is C93H115Cl3FIN4. The third-order valence-electron chi connectivity index (χ3n) is 16.7. The van der Waals surface area contributed by atoms with Crippen molar-refractivity contribution in [2.45, 2.75) is 217 Å². The quantitative estimate of drug-likeness (QED) is 0.130. The van der Waals surface area contributed by atoms with Crippen LogP contribution in [-0.2, 0) is 43.3 Å². The monoisotopic (exact) mass is 1550 g/mol. The summed E-state index contributed by atoms with van der Waals surface area (Å²) in [6.07, 6.45) is 0. The smallest absolute Gasteiger partial charge is 0.171 e. The number of hydrogen-bond donors (Lipinski definition) is 1.